The van der Waals surface area contributed by atoms with Gasteiger partial charge in [0.05, 0.1) is 24.9 Å². The van der Waals surface area contributed by atoms with Gasteiger partial charge in [0.25, 0.3) is 5.91 Å². The largest absolute Gasteiger partial charge is 0.493 e. The van der Waals surface area contributed by atoms with E-state index in [0.717, 1.165) is 11.1 Å². The number of carbonyl (C=O) groups is 2. The van der Waals surface area contributed by atoms with E-state index in [1.807, 2.05) is 13.0 Å². The van der Waals surface area contributed by atoms with Crippen molar-refractivity contribution in [1.82, 2.24) is 0 Å². The number of benzene rings is 2. The molecule has 0 saturated carbocycles. The number of halogens is 1. The first-order valence-corrected chi connectivity index (χ1v) is 8.44. The van der Waals surface area contributed by atoms with Crippen LogP contribution in [-0.4, -0.2) is 32.7 Å². The number of ether oxygens (including phenoxy) is 3. The summed E-state index contributed by atoms with van der Waals surface area (Å²) < 4.78 is 15.3. The van der Waals surface area contributed by atoms with Crippen molar-refractivity contribution in [2.75, 3.05) is 26.1 Å². The average Bonchev–Trinajstić information content (AvgIpc) is 2.67. The van der Waals surface area contributed by atoms with Crippen LogP contribution in [0.15, 0.2) is 42.5 Å². The van der Waals surface area contributed by atoms with Gasteiger partial charge in [-0.15, -0.1) is 0 Å². The van der Waals surface area contributed by atoms with Gasteiger partial charge in [0.15, 0.2) is 18.1 Å². The van der Waals surface area contributed by atoms with Gasteiger partial charge in [-0.2, -0.15) is 0 Å². The Bertz CT molecular complexity index is 843. The van der Waals surface area contributed by atoms with Crippen LogP contribution < -0.4 is 14.8 Å². The molecule has 1 N–H and O–H groups in total. The molecule has 0 radical (unpaired) electrons. The molecular weight excluding hydrogens is 370 g/mol. The third-order valence-corrected chi connectivity index (χ3v) is 3.97. The number of esters is 1. The number of anilines is 1. The highest BCUT2D eigenvalue weighted by Gasteiger charge is 2.10. The van der Waals surface area contributed by atoms with Crippen LogP contribution in [0.4, 0.5) is 5.69 Å². The summed E-state index contributed by atoms with van der Waals surface area (Å²) in [5.74, 6) is 0.0150. The number of para-hydroxylation sites is 1. The van der Waals surface area contributed by atoms with E-state index in [2.05, 4.69) is 5.32 Å². The van der Waals surface area contributed by atoms with Crippen LogP contribution >= 0.6 is 11.6 Å². The lowest BCUT2D eigenvalue weighted by molar-refractivity contribution is -0.142. The molecule has 0 aromatic heterocycles. The number of hydrogen-bond acceptors (Lipinski definition) is 5. The van der Waals surface area contributed by atoms with Crippen molar-refractivity contribution in [2.24, 2.45) is 0 Å². The van der Waals surface area contributed by atoms with Crippen LogP contribution in [0, 0.1) is 6.92 Å². The monoisotopic (exact) mass is 389 g/mol. The fourth-order valence-corrected chi connectivity index (χ4v) is 2.54. The Morgan fingerprint density at radius 3 is 2.52 bits per heavy atom. The van der Waals surface area contributed by atoms with Crippen molar-refractivity contribution in [1.29, 1.82) is 0 Å². The predicted molar refractivity (Wildman–Crippen MR) is 104 cm³/mol. The zero-order valence-corrected chi connectivity index (χ0v) is 16.0. The van der Waals surface area contributed by atoms with E-state index >= 15 is 0 Å². The van der Waals surface area contributed by atoms with E-state index in [-0.39, 0.29) is 0 Å². The quantitative estimate of drug-likeness (QED) is 0.575. The predicted octanol–water partition coefficient (Wildman–Crippen LogP) is 3.86. The SMILES string of the molecule is COc1ccc(/C=C/C(=O)OCC(=O)Nc2c(C)cccc2Cl)cc1OC. The molecule has 2 aromatic rings. The Kier molecular flexibility index (Phi) is 7.25. The Morgan fingerprint density at radius 2 is 1.85 bits per heavy atom. The minimum absolute atomic E-state index is 0.417. The number of rotatable bonds is 7. The van der Waals surface area contributed by atoms with Crippen LogP contribution in [-0.2, 0) is 14.3 Å². The molecule has 1 amide bonds. The second-order valence-corrected chi connectivity index (χ2v) is 5.94. The van der Waals surface area contributed by atoms with Gasteiger partial charge in [-0.05, 0) is 42.3 Å². The summed E-state index contributed by atoms with van der Waals surface area (Å²) in [5, 5.41) is 3.05. The normalized spacial score (nSPS) is 10.5. The maximum Gasteiger partial charge on any atom is 0.331 e. The highest BCUT2D eigenvalue weighted by molar-refractivity contribution is 6.33. The first-order valence-electron chi connectivity index (χ1n) is 8.06. The van der Waals surface area contributed by atoms with Gasteiger partial charge < -0.3 is 19.5 Å². The van der Waals surface area contributed by atoms with Crippen molar-refractivity contribution < 1.29 is 23.8 Å². The smallest absolute Gasteiger partial charge is 0.331 e. The molecule has 0 atom stereocenters. The lowest BCUT2D eigenvalue weighted by Crippen LogP contribution is -2.20. The van der Waals surface area contributed by atoms with Gasteiger partial charge in [-0.3, -0.25) is 4.79 Å². The summed E-state index contributed by atoms with van der Waals surface area (Å²) in [5.41, 5.74) is 2.04. The van der Waals surface area contributed by atoms with Crippen LogP contribution in [0.3, 0.4) is 0 Å². The molecule has 2 aromatic carbocycles. The van der Waals surface area contributed by atoms with E-state index in [1.54, 1.807) is 43.5 Å². The Hall–Kier alpha value is -2.99. The van der Waals surface area contributed by atoms with Crippen molar-refractivity contribution in [3.05, 3.63) is 58.6 Å². The van der Waals surface area contributed by atoms with E-state index in [4.69, 9.17) is 25.8 Å². The summed E-state index contributed by atoms with van der Waals surface area (Å²) >= 11 is 6.05. The summed E-state index contributed by atoms with van der Waals surface area (Å²) in [6, 6.07) is 10.5. The van der Waals surface area contributed by atoms with Crippen molar-refractivity contribution in [2.45, 2.75) is 6.92 Å². The third kappa shape index (κ3) is 5.76. The Labute approximate surface area is 162 Å². The number of aryl methyl sites for hydroxylation is 1. The van der Waals surface area contributed by atoms with Gasteiger partial charge in [-0.1, -0.05) is 29.8 Å². The number of nitrogens with one attached hydrogen (secondary N) is 1. The first kappa shape index (κ1) is 20.3. The number of amides is 1. The molecule has 0 aliphatic carbocycles. The molecular formula is C20H20ClNO5. The van der Waals surface area contributed by atoms with E-state index in [0.29, 0.717) is 22.2 Å². The first-order chi connectivity index (χ1) is 12.9. The molecule has 27 heavy (non-hydrogen) atoms. The summed E-state index contributed by atoms with van der Waals surface area (Å²) in [7, 11) is 3.07. The minimum Gasteiger partial charge on any atom is -0.493 e. The van der Waals surface area contributed by atoms with Crippen molar-refractivity contribution in [3.63, 3.8) is 0 Å². The van der Waals surface area contributed by atoms with Crippen LogP contribution in [0.2, 0.25) is 5.02 Å². The molecule has 0 saturated heterocycles. The van der Waals surface area contributed by atoms with Crippen molar-refractivity contribution in [3.8, 4) is 11.5 Å². The standard InChI is InChI=1S/C20H20ClNO5/c1-13-5-4-6-15(21)20(13)22-18(23)12-27-19(24)10-8-14-7-9-16(25-2)17(11-14)26-3/h4-11H,12H2,1-3H3,(H,22,23)/b10-8+. The fraction of sp³-hybridized carbons (Fsp3) is 0.200. The molecule has 0 unspecified atom stereocenters. The zero-order valence-electron chi connectivity index (χ0n) is 15.2. The van der Waals surface area contributed by atoms with Gasteiger partial charge >= 0.3 is 5.97 Å². The third-order valence-electron chi connectivity index (χ3n) is 3.65. The molecule has 7 heteroatoms. The highest BCUT2D eigenvalue weighted by atomic mass is 35.5. The number of hydrogen-bond donors (Lipinski definition) is 1. The van der Waals surface area contributed by atoms with Crippen LogP contribution in [0.25, 0.3) is 6.08 Å². The van der Waals surface area contributed by atoms with Gasteiger partial charge in [0.2, 0.25) is 0 Å². The Balaban J connectivity index is 1.90. The summed E-state index contributed by atoms with van der Waals surface area (Å²) in [6.07, 6.45) is 2.79. The zero-order chi connectivity index (χ0) is 19.8. The van der Waals surface area contributed by atoms with Crippen LogP contribution in [0.1, 0.15) is 11.1 Å². The molecule has 6 nitrogen and oxygen atoms in total. The van der Waals surface area contributed by atoms with E-state index in [9.17, 15) is 9.59 Å². The molecule has 0 heterocycles. The molecule has 0 spiro atoms. The fourth-order valence-electron chi connectivity index (χ4n) is 2.27. The molecule has 0 bridgehead atoms. The van der Waals surface area contributed by atoms with Gasteiger partial charge in [0.1, 0.15) is 0 Å². The minimum atomic E-state index is -0.643. The molecule has 2 rings (SSSR count). The topological polar surface area (TPSA) is 73.9 Å². The van der Waals surface area contributed by atoms with Crippen molar-refractivity contribution >= 4 is 35.2 Å². The molecule has 0 aliphatic rings. The van der Waals surface area contributed by atoms with E-state index < -0.39 is 18.5 Å². The lowest BCUT2D eigenvalue weighted by Gasteiger charge is -2.10. The second-order valence-electron chi connectivity index (χ2n) is 5.54. The molecule has 0 fully saturated rings. The lowest BCUT2D eigenvalue weighted by atomic mass is 10.2. The average molecular weight is 390 g/mol. The summed E-state index contributed by atoms with van der Waals surface area (Å²) in [6.45, 7) is 1.40. The van der Waals surface area contributed by atoms with Crippen LogP contribution in [0.5, 0.6) is 11.5 Å². The number of methoxy groups -OCH3 is 2. The maximum atomic E-state index is 11.9. The molecule has 142 valence electrons. The second kappa shape index (κ2) is 9.64. The van der Waals surface area contributed by atoms with E-state index in [1.165, 1.54) is 13.2 Å². The number of carbonyl (C=O) groups excluding carboxylic acids is 2. The highest BCUT2D eigenvalue weighted by Crippen LogP contribution is 2.28. The van der Waals surface area contributed by atoms with Gasteiger partial charge in [0, 0.05) is 6.08 Å². The summed E-state index contributed by atoms with van der Waals surface area (Å²) in [4.78, 5) is 23.8. The maximum absolute atomic E-state index is 11.9. The Morgan fingerprint density at radius 1 is 1.11 bits per heavy atom. The van der Waals surface area contributed by atoms with Gasteiger partial charge in [-0.25, -0.2) is 4.79 Å². The molecule has 0 aliphatic heterocycles.